The normalized spacial score (nSPS) is 11.3. The molecule has 0 amide bonds. The minimum absolute atomic E-state index is 0.750. The molecule has 4 nitrogen and oxygen atoms in total. The van der Waals surface area contributed by atoms with Crippen molar-refractivity contribution in [2.45, 2.75) is 0 Å². The Hall–Kier alpha value is -7.43. The molecule has 0 saturated carbocycles. The van der Waals surface area contributed by atoms with Crippen molar-refractivity contribution in [3.8, 4) is 78.1 Å². The molecule has 258 valence electrons. The molecule has 0 aliphatic carbocycles. The molecule has 0 N–H and O–H groups in total. The second-order valence-corrected chi connectivity index (χ2v) is 13.6. The second-order valence-electron chi connectivity index (χ2n) is 13.6. The van der Waals surface area contributed by atoms with Gasteiger partial charge in [0.1, 0.15) is 22.6 Å². The van der Waals surface area contributed by atoms with Crippen LogP contribution in [0.5, 0.6) is 0 Å². The highest BCUT2D eigenvalue weighted by atomic mass is 16.3. The monoisotopic (exact) mass is 703 g/mol. The molecule has 8 aromatic carbocycles. The lowest BCUT2D eigenvalue weighted by Crippen LogP contribution is -2.02. The Morgan fingerprint density at radius 1 is 0.291 bits per heavy atom. The quantitative estimate of drug-likeness (QED) is 0.166. The molecule has 0 spiro atoms. The van der Waals surface area contributed by atoms with E-state index >= 15 is 0 Å². The minimum Gasteiger partial charge on any atom is -0.456 e. The van der Waals surface area contributed by atoms with E-state index in [-0.39, 0.29) is 0 Å². The van der Waals surface area contributed by atoms with Crippen LogP contribution in [0, 0.1) is 0 Å². The second kappa shape index (κ2) is 13.8. The summed E-state index contributed by atoms with van der Waals surface area (Å²) in [6, 6.07) is 69.7. The molecule has 0 atom stereocenters. The van der Waals surface area contributed by atoms with Gasteiger partial charge in [-0.3, -0.25) is 0 Å². The lowest BCUT2D eigenvalue weighted by Gasteiger charge is -2.20. The van der Waals surface area contributed by atoms with Gasteiger partial charge in [0.15, 0.2) is 0 Å². The fourth-order valence-electron chi connectivity index (χ4n) is 7.95. The van der Waals surface area contributed by atoms with Gasteiger partial charge in [-0.05, 0) is 67.9 Å². The Morgan fingerprint density at radius 2 is 0.764 bits per heavy atom. The zero-order valence-electron chi connectivity index (χ0n) is 29.8. The van der Waals surface area contributed by atoms with Crippen molar-refractivity contribution in [1.29, 1.82) is 0 Å². The molecule has 2 aromatic heterocycles. The van der Waals surface area contributed by atoms with Crippen molar-refractivity contribution in [2.75, 3.05) is 0 Å². The molecule has 0 radical (unpaired) electrons. The number of fused-ring (bicyclic) bond motifs is 3. The summed E-state index contributed by atoms with van der Waals surface area (Å²) in [5, 5.41) is 16.3. The van der Waals surface area contributed by atoms with Crippen LogP contribution in [-0.2, 0) is 0 Å². The summed E-state index contributed by atoms with van der Waals surface area (Å²) >= 11 is 0. The molecule has 10 aromatic rings. The van der Waals surface area contributed by atoms with Crippen molar-refractivity contribution in [2.24, 2.45) is 0 Å². The van der Waals surface area contributed by atoms with Gasteiger partial charge in [0.05, 0.1) is 0 Å². The maximum atomic E-state index is 6.56. The third-order valence-electron chi connectivity index (χ3n) is 10.4. The van der Waals surface area contributed by atoms with Crippen LogP contribution in [0.4, 0.5) is 0 Å². The van der Waals surface area contributed by atoms with Crippen LogP contribution < -0.4 is 0 Å². The number of aromatic nitrogens is 3. The molecule has 0 bridgehead atoms. The largest absolute Gasteiger partial charge is 0.456 e. The van der Waals surface area contributed by atoms with Crippen molar-refractivity contribution in [3.63, 3.8) is 0 Å². The Morgan fingerprint density at radius 3 is 1.42 bits per heavy atom. The van der Waals surface area contributed by atoms with E-state index in [1.54, 1.807) is 0 Å². The van der Waals surface area contributed by atoms with Gasteiger partial charge in [-0.1, -0.05) is 182 Å². The summed E-state index contributed by atoms with van der Waals surface area (Å²) in [4.78, 5) is 0. The fraction of sp³-hybridized carbons (Fsp3) is 0. The van der Waals surface area contributed by atoms with Crippen LogP contribution >= 0.6 is 0 Å². The number of para-hydroxylation sites is 1. The van der Waals surface area contributed by atoms with E-state index < -0.39 is 0 Å². The number of rotatable bonds is 7. The number of hydrogen-bond donors (Lipinski definition) is 0. The van der Waals surface area contributed by atoms with E-state index in [2.05, 4.69) is 169 Å². The summed E-state index contributed by atoms with van der Waals surface area (Å²) in [5.41, 5.74) is 15.9. The zero-order valence-corrected chi connectivity index (χ0v) is 29.8. The maximum Gasteiger partial charge on any atom is 0.136 e. The predicted molar refractivity (Wildman–Crippen MR) is 225 cm³/mol. The van der Waals surface area contributed by atoms with Crippen molar-refractivity contribution < 1.29 is 4.42 Å². The van der Waals surface area contributed by atoms with Crippen molar-refractivity contribution >= 4 is 21.9 Å². The van der Waals surface area contributed by atoms with Gasteiger partial charge >= 0.3 is 0 Å². The average molecular weight is 704 g/mol. The molecule has 4 heteroatoms. The molecule has 0 fully saturated rings. The summed E-state index contributed by atoms with van der Waals surface area (Å²) in [7, 11) is 0. The molecule has 0 aliphatic rings. The first kappa shape index (κ1) is 32.2. The Balaban J connectivity index is 1.32. The topological polar surface area (TPSA) is 51.8 Å². The van der Waals surface area contributed by atoms with Crippen molar-refractivity contribution in [1.82, 2.24) is 15.4 Å². The van der Waals surface area contributed by atoms with Gasteiger partial charge in [-0.15, -0.1) is 10.2 Å². The fourth-order valence-corrected chi connectivity index (χ4v) is 7.95. The van der Waals surface area contributed by atoms with Crippen LogP contribution in [0.2, 0.25) is 0 Å². The Labute approximate surface area is 319 Å². The van der Waals surface area contributed by atoms with Gasteiger partial charge in [0, 0.05) is 33.0 Å². The van der Waals surface area contributed by atoms with Crippen LogP contribution in [0.3, 0.4) is 0 Å². The van der Waals surface area contributed by atoms with E-state index in [1.165, 1.54) is 0 Å². The summed E-state index contributed by atoms with van der Waals surface area (Å²) in [5.74, 6) is 0. The van der Waals surface area contributed by atoms with E-state index in [4.69, 9.17) is 14.6 Å². The highest BCUT2D eigenvalue weighted by Gasteiger charge is 2.26. The standard InChI is InChI=1S/C51H33N3O/c1-4-18-34(19-5-1)37-24-10-12-26-39(37)42-32-33-46-48(44-30-16-17-31-45(44)55-46)47(42)41-28-14-15-29-43(41)51-49(50(52-54-53-51)36-22-8-3-9-23-36)40-27-13-11-25-38(40)35-20-6-2-7-21-35/h1-33H. The number of furan rings is 1. The molecular formula is C51H33N3O. The highest BCUT2D eigenvalue weighted by Crippen LogP contribution is 2.49. The lowest BCUT2D eigenvalue weighted by atomic mass is 9.83. The molecule has 55 heavy (non-hydrogen) atoms. The third-order valence-corrected chi connectivity index (χ3v) is 10.4. The maximum absolute atomic E-state index is 6.56. The van der Waals surface area contributed by atoms with E-state index in [0.29, 0.717) is 0 Å². The molecule has 0 aliphatic heterocycles. The van der Waals surface area contributed by atoms with Crippen LogP contribution in [-0.4, -0.2) is 15.4 Å². The van der Waals surface area contributed by atoms with E-state index in [9.17, 15) is 0 Å². The summed E-state index contributed by atoms with van der Waals surface area (Å²) in [6.45, 7) is 0. The summed E-state index contributed by atoms with van der Waals surface area (Å²) in [6.07, 6.45) is 0. The SMILES string of the molecule is c1ccc(-c2ccccc2-c2ccc3oc4ccccc4c3c2-c2ccccc2-c2nnnc(-c3ccccc3)c2-c2ccccc2-c2ccccc2)cc1. The Kier molecular flexibility index (Phi) is 8.12. The van der Waals surface area contributed by atoms with Gasteiger partial charge in [-0.25, -0.2) is 0 Å². The first-order valence-corrected chi connectivity index (χ1v) is 18.5. The first-order chi connectivity index (χ1) is 27.3. The van der Waals surface area contributed by atoms with Gasteiger partial charge in [0.25, 0.3) is 0 Å². The van der Waals surface area contributed by atoms with E-state index in [1.807, 2.05) is 36.4 Å². The van der Waals surface area contributed by atoms with Gasteiger partial charge in [-0.2, -0.15) is 0 Å². The molecule has 0 unspecified atom stereocenters. The molecular weight excluding hydrogens is 671 g/mol. The first-order valence-electron chi connectivity index (χ1n) is 18.5. The third kappa shape index (κ3) is 5.68. The zero-order chi connectivity index (χ0) is 36.6. The van der Waals surface area contributed by atoms with Crippen LogP contribution in [0.15, 0.2) is 205 Å². The molecule has 2 heterocycles. The Bertz CT molecular complexity index is 2970. The number of hydrogen-bond acceptors (Lipinski definition) is 4. The smallest absolute Gasteiger partial charge is 0.136 e. The number of benzene rings is 8. The van der Waals surface area contributed by atoms with E-state index in [0.717, 1.165) is 100 Å². The minimum atomic E-state index is 0.750. The average Bonchev–Trinajstić information content (AvgIpc) is 3.66. The predicted octanol–water partition coefficient (Wildman–Crippen LogP) is 13.4. The van der Waals surface area contributed by atoms with Gasteiger partial charge in [0.2, 0.25) is 0 Å². The van der Waals surface area contributed by atoms with Crippen LogP contribution in [0.1, 0.15) is 0 Å². The van der Waals surface area contributed by atoms with Crippen LogP contribution in [0.25, 0.3) is 100 Å². The molecule has 10 rings (SSSR count). The van der Waals surface area contributed by atoms with Gasteiger partial charge < -0.3 is 4.42 Å². The van der Waals surface area contributed by atoms with Crippen molar-refractivity contribution in [3.05, 3.63) is 200 Å². The molecule has 0 saturated heterocycles. The summed E-state index contributed by atoms with van der Waals surface area (Å²) < 4.78 is 6.56. The highest BCUT2D eigenvalue weighted by molar-refractivity contribution is 6.18. The number of nitrogens with zero attached hydrogens (tertiary/aromatic N) is 3. The lowest BCUT2D eigenvalue weighted by molar-refractivity contribution is 0.669.